The highest BCUT2D eigenvalue weighted by Crippen LogP contribution is 2.35. The maximum absolute atomic E-state index is 13.4. The minimum atomic E-state index is -0.804. The molecule has 3 aromatic rings. The van der Waals surface area contributed by atoms with Crippen LogP contribution in [0.5, 0.6) is 5.75 Å². The molecule has 0 bridgehead atoms. The van der Waals surface area contributed by atoms with Crippen LogP contribution in [0.15, 0.2) is 53.9 Å². The number of anilines is 1. The number of carbonyl (C=O) groups is 2. The molecular formula is C23H20FN3O4S. The molecule has 0 aliphatic carbocycles. The van der Waals surface area contributed by atoms with E-state index in [2.05, 4.69) is 4.98 Å². The molecule has 0 unspecified atom stereocenters. The topological polar surface area (TPSA) is 72.0 Å². The molecule has 2 amide bonds. The summed E-state index contributed by atoms with van der Waals surface area (Å²) in [5.41, 5.74) is 1.60. The van der Waals surface area contributed by atoms with Crippen LogP contribution in [0.1, 0.15) is 10.5 Å². The van der Waals surface area contributed by atoms with E-state index in [9.17, 15) is 14.0 Å². The maximum Gasteiger partial charge on any atom is 0.278 e. The van der Waals surface area contributed by atoms with Crippen molar-refractivity contribution in [1.82, 2.24) is 9.88 Å². The fourth-order valence-electron chi connectivity index (χ4n) is 3.78. The van der Waals surface area contributed by atoms with Gasteiger partial charge in [0.05, 0.1) is 25.4 Å². The number of rotatable bonds is 3. The van der Waals surface area contributed by atoms with Crippen LogP contribution >= 0.6 is 11.3 Å². The Morgan fingerprint density at radius 3 is 2.59 bits per heavy atom. The van der Waals surface area contributed by atoms with E-state index >= 15 is 0 Å². The number of ether oxygens (including phenoxy) is 2. The number of carbonyl (C=O) groups excluding carboxylic acids is 2. The summed E-state index contributed by atoms with van der Waals surface area (Å²) in [6, 6.07) is 13.1. The van der Waals surface area contributed by atoms with Crippen molar-refractivity contribution in [3.63, 3.8) is 0 Å². The van der Waals surface area contributed by atoms with Gasteiger partial charge in [-0.15, -0.1) is 11.3 Å². The molecule has 7 nitrogen and oxygen atoms in total. The quantitative estimate of drug-likeness (QED) is 0.609. The third-order valence-corrected chi connectivity index (χ3v) is 6.32. The van der Waals surface area contributed by atoms with Gasteiger partial charge in [-0.1, -0.05) is 12.1 Å². The van der Waals surface area contributed by atoms with Crippen molar-refractivity contribution in [3.8, 4) is 16.3 Å². The summed E-state index contributed by atoms with van der Waals surface area (Å²) in [5, 5.41) is 2.30. The number of halogens is 1. The second kappa shape index (κ2) is 8.68. The number of hydrogen-bond donors (Lipinski definition) is 0. The van der Waals surface area contributed by atoms with Crippen molar-refractivity contribution in [2.24, 2.45) is 0 Å². The van der Waals surface area contributed by atoms with Crippen LogP contribution in [0.2, 0.25) is 0 Å². The lowest BCUT2D eigenvalue weighted by molar-refractivity contribution is -0.142. The molecule has 1 saturated heterocycles. The van der Waals surface area contributed by atoms with Crippen molar-refractivity contribution >= 4 is 28.8 Å². The van der Waals surface area contributed by atoms with Gasteiger partial charge in [0.2, 0.25) is 0 Å². The molecule has 0 radical (unpaired) electrons. The normalized spacial score (nSPS) is 18.1. The number of morpholine rings is 1. The molecule has 0 saturated carbocycles. The molecule has 9 heteroatoms. The van der Waals surface area contributed by atoms with Gasteiger partial charge in [-0.05, 0) is 36.4 Å². The van der Waals surface area contributed by atoms with Crippen LogP contribution in [0.3, 0.4) is 0 Å². The highest BCUT2D eigenvalue weighted by atomic mass is 32.1. The standard InChI is InChI=1S/C23H20FN3O4S/c24-16-7-5-15(6-8-16)21-25-17(14-32-21)22(28)27-13-20(23(29)26-9-11-30-12-10-26)31-19-4-2-1-3-18(19)27/h1-8,14,20H,9-13H2/t20-/m0/s1. The second-order valence-electron chi connectivity index (χ2n) is 7.47. The Morgan fingerprint density at radius 2 is 1.81 bits per heavy atom. The lowest BCUT2D eigenvalue weighted by Gasteiger charge is -2.37. The lowest BCUT2D eigenvalue weighted by atomic mass is 10.1. The zero-order valence-corrected chi connectivity index (χ0v) is 17.9. The van der Waals surface area contributed by atoms with Gasteiger partial charge >= 0.3 is 0 Å². The van der Waals surface area contributed by atoms with Gasteiger partial charge in [0.15, 0.2) is 6.10 Å². The average molecular weight is 453 g/mol. The number of hydrogen-bond acceptors (Lipinski definition) is 6. The predicted octanol–water partition coefficient (Wildman–Crippen LogP) is 3.22. The third kappa shape index (κ3) is 3.96. The zero-order valence-electron chi connectivity index (χ0n) is 17.1. The Labute approximate surface area is 188 Å². The van der Waals surface area contributed by atoms with Gasteiger partial charge in [0.25, 0.3) is 11.8 Å². The molecule has 2 aliphatic heterocycles. The Hall–Kier alpha value is -3.30. The first-order valence-corrected chi connectivity index (χ1v) is 11.1. The number of thiazole rings is 1. The fourth-order valence-corrected chi connectivity index (χ4v) is 4.58. The Balaban J connectivity index is 1.42. The first kappa shape index (κ1) is 20.6. The molecule has 1 atom stereocenters. The number of benzene rings is 2. The molecular weight excluding hydrogens is 433 g/mol. The molecule has 5 rings (SSSR count). The van der Waals surface area contributed by atoms with E-state index in [0.29, 0.717) is 42.7 Å². The van der Waals surface area contributed by atoms with Crippen LogP contribution in [0.4, 0.5) is 10.1 Å². The molecule has 32 heavy (non-hydrogen) atoms. The first-order valence-electron chi connectivity index (χ1n) is 10.3. The van der Waals surface area contributed by atoms with E-state index in [-0.39, 0.29) is 29.9 Å². The Morgan fingerprint density at radius 1 is 1.06 bits per heavy atom. The van der Waals surface area contributed by atoms with Crippen LogP contribution in [-0.2, 0) is 9.53 Å². The number of fused-ring (bicyclic) bond motifs is 1. The van der Waals surface area contributed by atoms with Gasteiger partial charge in [-0.3, -0.25) is 14.5 Å². The lowest BCUT2D eigenvalue weighted by Crippen LogP contribution is -2.54. The summed E-state index contributed by atoms with van der Waals surface area (Å²) < 4.78 is 24.5. The summed E-state index contributed by atoms with van der Waals surface area (Å²) in [6.45, 7) is 2.07. The van der Waals surface area contributed by atoms with E-state index in [4.69, 9.17) is 9.47 Å². The fraction of sp³-hybridized carbons (Fsp3) is 0.261. The summed E-state index contributed by atoms with van der Waals surface area (Å²) >= 11 is 1.31. The number of para-hydroxylation sites is 2. The predicted molar refractivity (Wildman–Crippen MR) is 117 cm³/mol. The number of nitrogens with zero attached hydrogens (tertiary/aromatic N) is 3. The van der Waals surface area contributed by atoms with Gasteiger partial charge in [-0.25, -0.2) is 9.37 Å². The minimum Gasteiger partial charge on any atom is -0.476 e. The smallest absolute Gasteiger partial charge is 0.278 e. The second-order valence-corrected chi connectivity index (χ2v) is 8.33. The summed E-state index contributed by atoms with van der Waals surface area (Å²) in [4.78, 5) is 34.2. The molecule has 164 valence electrons. The van der Waals surface area contributed by atoms with Gasteiger partial charge in [0, 0.05) is 24.0 Å². The van der Waals surface area contributed by atoms with E-state index in [1.807, 2.05) is 6.07 Å². The molecule has 0 spiro atoms. The SMILES string of the molecule is O=C([C@@H]1CN(C(=O)c2csc(-c3ccc(F)cc3)n2)c2ccccc2O1)N1CCOCC1. The van der Waals surface area contributed by atoms with Crippen molar-refractivity contribution in [3.05, 3.63) is 65.4 Å². The maximum atomic E-state index is 13.4. The zero-order chi connectivity index (χ0) is 22.1. The molecule has 2 aromatic carbocycles. The van der Waals surface area contributed by atoms with Crippen molar-refractivity contribution in [1.29, 1.82) is 0 Å². The third-order valence-electron chi connectivity index (χ3n) is 5.43. The van der Waals surface area contributed by atoms with Crippen LogP contribution in [0.25, 0.3) is 10.6 Å². The van der Waals surface area contributed by atoms with Gasteiger partial charge < -0.3 is 14.4 Å². The highest BCUT2D eigenvalue weighted by Gasteiger charge is 2.37. The summed E-state index contributed by atoms with van der Waals surface area (Å²) in [5.74, 6) is -0.328. The van der Waals surface area contributed by atoms with Crippen LogP contribution in [-0.4, -0.2) is 60.7 Å². The minimum absolute atomic E-state index is 0.0927. The van der Waals surface area contributed by atoms with E-state index in [0.717, 1.165) is 5.56 Å². The highest BCUT2D eigenvalue weighted by molar-refractivity contribution is 7.13. The Kier molecular flexibility index (Phi) is 5.59. The molecule has 1 fully saturated rings. The van der Waals surface area contributed by atoms with Crippen molar-refractivity contribution < 1.29 is 23.5 Å². The van der Waals surface area contributed by atoms with Crippen LogP contribution < -0.4 is 9.64 Å². The first-order chi connectivity index (χ1) is 15.6. The Bertz CT molecular complexity index is 1140. The molecule has 3 heterocycles. The van der Waals surface area contributed by atoms with E-state index in [1.165, 1.54) is 23.5 Å². The molecule has 2 aliphatic rings. The van der Waals surface area contributed by atoms with Crippen molar-refractivity contribution in [2.45, 2.75) is 6.10 Å². The van der Waals surface area contributed by atoms with Gasteiger partial charge in [-0.2, -0.15) is 0 Å². The molecule has 0 N–H and O–H groups in total. The summed E-state index contributed by atoms with van der Waals surface area (Å²) in [7, 11) is 0. The van der Waals surface area contributed by atoms with E-state index < -0.39 is 6.10 Å². The molecule has 1 aromatic heterocycles. The monoisotopic (exact) mass is 453 g/mol. The van der Waals surface area contributed by atoms with Crippen LogP contribution in [0, 0.1) is 5.82 Å². The largest absolute Gasteiger partial charge is 0.476 e. The summed E-state index contributed by atoms with van der Waals surface area (Å²) in [6.07, 6.45) is -0.804. The van der Waals surface area contributed by atoms with Crippen molar-refractivity contribution in [2.75, 3.05) is 37.7 Å². The van der Waals surface area contributed by atoms with Gasteiger partial charge in [0.1, 0.15) is 22.3 Å². The van der Waals surface area contributed by atoms with E-state index in [1.54, 1.807) is 45.5 Å². The average Bonchev–Trinajstić information content (AvgIpc) is 3.34. The number of amides is 2. The number of aromatic nitrogens is 1.